The van der Waals surface area contributed by atoms with Crippen LogP contribution in [0, 0.1) is 23.0 Å². The number of phenols is 1. The lowest BCUT2D eigenvalue weighted by molar-refractivity contribution is 0.111. The largest absolute Gasteiger partial charge is 0.508 e. The standard InChI is InChI=1S/C36H37F2N5O2/c1-2-26-30(37)8-5-21-13-25(44)15-29(32(21)26)33-22(17-39)14-28-27(34(33)38)16-31(45-20-36-9-3-11-43(36)12-4-10-36)41-35(28)42-18-23-6-7-24(19-42)40-23/h5,8,13-16,23-24,40,44H,2-4,6-7,9-12,18-20H2,1H3. The molecule has 5 heterocycles. The average molecular weight is 610 g/mol. The molecule has 232 valence electrons. The Morgan fingerprint density at radius 2 is 1.82 bits per heavy atom. The second kappa shape index (κ2) is 10.8. The first-order valence-electron chi connectivity index (χ1n) is 16.3. The maximum atomic E-state index is 17.2. The maximum Gasteiger partial charge on any atom is 0.215 e. The minimum atomic E-state index is -0.601. The number of aromatic hydroxyl groups is 1. The molecule has 0 radical (unpaired) electrons. The van der Waals surface area contributed by atoms with E-state index in [1.54, 1.807) is 24.3 Å². The van der Waals surface area contributed by atoms with Crippen molar-refractivity contribution in [1.29, 1.82) is 5.26 Å². The first-order chi connectivity index (χ1) is 21.9. The number of nitrogens with one attached hydrogen (secondary N) is 1. The van der Waals surface area contributed by atoms with E-state index in [0.717, 1.165) is 64.7 Å². The van der Waals surface area contributed by atoms with Crippen molar-refractivity contribution in [1.82, 2.24) is 15.2 Å². The van der Waals surface area contributed by atoms with Crippen LogP contribution in [0.2, 0.25) is 0 Å². The number of hydrogen-bond donors (Lipinski definition) is 2. The number of aryl methyl sites for hydroxylation is 1. The van der Waals surface area contributed by atoms with Gasteiger partial charge in [-0.2, -0.15) is 10.2 Å². The van der Waals surface area contributed by atoms with Gasteiger partial charge in [-0.3, -0.25) is 4.90 Å². The zero-order valence-electron chi connectivity index (χ0n) is 25.5. The Hall–Kier alpha value is -4.00. The van der Waals surface area contributed by atoms with E-state index in [0.29, 0.717) is 69.5 Å². The summed E-state index contributed by atoms with van der Waals surface area (Å²) in [6, 6.07) is 12.2. The van der Waals surface area contributed by atoms with E-state index in [1.165, 1.54) is 12.1 Å². The lowest BCUT2D eigenvalue weighted by Crippen LogP contribution is -2.51. The molecule has 4 saturated heterocycles. The van der Waals surface area contributed by atoms with Crippen LogP contribution >= 0.6 is 0 Å². The number of hydrogen-bond acceptors (Lipinski definition) is 7. The first-order valence-corrected chi connectivity index (χ1v) is 16.3. The van der Waals surface area contributed by atoms with Crippen molar-refractivity contribution < 1.29 is 18.6 Å². The van der Waals surface area contributed by atoms with Crippen molar-refractivity contribution >= 4 is 27.4 Å². The highest BCUT2D eigenvalue weighted by Gasteiger charge is 2.45. The molecule has 4 fully saturated rings. The van der Waals surface area contributed by atoms with Gasteiger partial charge in [0.05, 0.1) is 17.2 Å². The Balaban J connectivity index is 1.33. The van der Waals surface area contributed by atoms with Crippen molar-refractivity contribution in [2.75, 3.05) is 37.7 Å². The van der Waals surface area contributed by atoms with Gasteiger partial charge in [0.15, 0.2) is 0 Å². The Kier molecular flexibility index (Phi) is 6.84. The third-order valence-electron chi connectivity index (χ3n) is 10.7. The second-order valence-corrected chi connectivity index (χ2v) is 13.3. The van der Waals surface area contributed by atoms with E-state index in [4.69, 9.17) is 9.72 Å². The summed E-state index contributed by atoms with van der Waals surface area (Å²) in [6.45, 7) is 5.97. The van der Waals surface area contributed by atoms with Crippen LogP contribution in [0.4, 0.5) is 14.6 Å². The fourth-order valence-electron chi connectivity index (χ4n) is 8.66. The maximum absolute atomic E-state index is 17.2. The van der Waals surface area contributed by atoms with Crippen molar-refractivity contribution in [3.05, 3.63) is 59.2 Å². The SMILES string of the molecule is CCc1c(F)ccc2cc(O)cc(-c3c(C#N)cc4c(N5CC6CCC(C5)N6)nc(OCC56CCCN5CCC6)cc4c3F)c12. The molecule has 45 heavy (non-hydrogen) atoms. The molecule has 9 heteroatoms. The third-order valence-corrected chi connectivity index (χ3v) is 10.7. The van der Waals surface area contributed by atoms with Crippen LogP contribution in [0.5, 0.6) is 11.6 Å². The van der Waals surface area contributed by atoms with Gasteiger partial charge in [0.25, 0.3) is 0 Å². The van der Waals surface area contributed by atoms with E-state index in [1.807, 2.05) is 6.92 Å². The summed E-state index contributed by atoms with van der Waals surface area (Å²) in [6.07, 6.45) is 6.99. The molecule has 0 aliphatic carbocycles. The Morgan fingerprint density at radius 3 is 2.53 bits per heavy atom. The second-order valence-electron chi connectivity index (χ2n) is 13.3. The van der Waals surface area contributed by atoms with Crippen LogP contribution in [0.3, 0.4) is 0 Å². The molecule has 4 aromatic rings. The number of nitrogens with zero attached hydrogens (tertiary/aromatic N) is 4. The van der Waals surface area contributed by atoms with Crippen LogP contribution in [0.1, 0.15) is 56.6 Å². The van der Waals surface area contributed by atoms with Crippen LogP contribution < -0.4 is 15.0 Å². The van der Waals surface area contributed by atoms with Gasteiger partial charge in [-0.05, 0) is 104 Å². The molecule has 2 bridgehead atoms. The molecule has 2 N–H and O–H groups in total. The van der Waals surface area contributed by atoms with Crippen molar-refractivity contribution in [2.45, 2.75) is 69.5 Å². The van der Waals surface area contributed by atoms with E-state index >= 15 is 8.78 Å². The van der Waals surface area contributed by atoms with Gasteiger partial charge in [-0.25, -0.2) is 8.78 Å². The summed E-state index contributed by atoms with van der Waals surface area (Å²) >= 11 is 0. The molecule has 4 aliphatic heterocycles. The smallest absolute Gasteiger partial charge is 0.215 e. The van der Waals surface area contributed by atoms with Gasteiger partial charge in [-0.15, -0.1) is 0 Å². The molecule has 0 amide bonds. The third kappa shape index (κ3) is 4.60. The summed E-state index contributed by atoms with van der Waals surface area (Å²) in [5.74, 6) is -0.0970. The molecule has 3 aromatic carbocycles. The summed E-state index contributed by atoms with van der Waals surface area (Å²) in [7, 11) is 0. The van der Waals surface area contributed by atoms with Crippen molar-refractivity contribution in [2.24, 2.45) is 0 Å². The average Bonchev–Trinajstić information content (AvgIpc) is 3.73. The fourth-order valence-corrected chi connectivity index (χ4v) is 8.66. The number of phenolic OH excluding ortho intramolecular Hbond substituents is 1. The lowest BCUT2D eigenvalue weighted by Gasteiger charge is -2.35. The Labute approximate surface area is 261 Å². The minimum absolute atomic E-state index is 0.000428. The highest BCUT2D eigenvalue weighted by molar-refractivity contribution is 6.05. The van der Waals surface area contributed by atoms with E-state index < -0.39 is 11.6 Å². The van der Waals surface area contributed by atoms with Gasteiger partial charge in [0, 0.05) is 47.6 Å². The number of aromatic nitrogens is 1. The number of nitriles is 1. The fraction of sp³-hybridized carbons (Fsp3) is 0.444. The van der Waals surface area contributed by atoms with Crippen LogP contribution in [-0.4, -0.2) is 65.4 Å². The summed E-state index contributed by atoms with van der Waals surface area (Å²) < 4.78 is 38.8. The molecule has 0 spiro atoms. The highest BCUT2D eigenvalue weighted by Crippen LogP contribution is 2.44. The number of fused-ring (bicyclic) bond motifs is 5. The predicted molar refractivity (Wildman–Crippen MR) is 171 cm³/mol. The zero-order chi connectivity index (χ0) is 30.9. The first kappa shape index (κ1) is 28.5. The molecule has 4 aliphatic rings. The monoisotopic (exact) mass is 609 g/mol. The highest BCUT2D eigenvalue weighted by atomic mass is 19.1. The van der Waals surface area contributed by atoms with Gasteiger partial charge in [-0.1, -0.05) is 13.0 Å². The van der Waals surface area contributed by atoms with Gasteiger partial charge in [0.2, 0.25) is 5.88 Å². The predicted octanol–water partition coefficient (Wildman–Crippen LogP) is 6.42. The molecule has 7 nitrogen and oxygen atoms in total. The summed E-state index contributed by atoms with van der Waals surface area (Å²) in [5.41, 5.74) is 0.870. The van der Waals surface area contributed by atoms with Crippen molar-refractivity contribution in [3.63, 3.8) is 0 Å². The quantitative estimate of drug-likeness (QED) is 0.261. The molecule has 8 rings (SSSR count). The topological polar surface area (TPSA) is 84.7 Å². The molecule has 0 saturated carbocycles. The number of piperazine rings is 1. The minimum Gasteiger partial charge on any atom is -0.508 e. The number of anilines is 1. The van der Waals surface area contributed by atoms with Crippen molar-refractivity contribution in [3.8, 4) is 28.8 Å². The Morgan fingerprint density at radius 1 is 1.07 bits per heavy atom. The van der Waals surface area contributed by atoms with E-state index in [9.17, 15) is 10.4 Å². The number of ether oxygens (including phenoxy) is 1. The molecule has 1 aromatic heterocycles. The Bertz CT molecular complexity index is 1870. The van der Waals surface area contributed by atoms with E-state index in [2.05, 4.69) is 21.2 Å². The van der Waals surface area contributed by atoms with Crippen LogP contribution in [0.15, 0.2) is 36.4 Å². The van der Waals surface area contributed by atoms with Crippen LogP contribution in [-0.2, 0) is 6.42 Å². The lowest BCUT2D eigenvalue weighted by atomic mass is 9.89. The molecule has 2 atom stereocenters. The van der Waals surface area contributed by atoms with Gasteiger partial charge < -0.3 is 20.1 Å². The summed E-state index contributed by atoms with van der Waals surface area (Å²) in [4.78, 5) is 9.74. The number of benzene rings is 3. The molecular weight excluding hydrogens is 572 g/mol. The zero-order valence-corrected chi connectivity index (χ0v) is 25.5. The van der Waals surface area contributed by atoms with Gasteiger partial charge >= 0.3 is 0 Å². The molecular formula is C36H37F2N5O2. The van der Waals surface area contributed by atoms with Gasteiger partial charge in [0.1, 0.15) is 29.8 Å². The number of pyridine rings is 1. The number of halogens is 2. The normalized spacial score (nSPS) is 22.3. The van der Waals surface area contributed by atoms with Crippen LogP contribution in [0.25, 0.3) is 32.7 Å². The molecule has 2 unspecified atom stereocenters. The van der Waals surface area contributed by atoms with E-state index in [-0.39, 0.29) is 22.4 Å². The number of rotatable bonds is 6. The summed E-state index contributed by atoms with van der Waals surface area (Å²) in [5, 5.41) is 26.7.